The first-order valence-electron chi connectivity index (χ1n) is 7.41. The fraction of sp³-hybridized carbons (Fsp3) is 0.692. The minimum atomic E-state index is 0.633. The van der Waals surface area contributed by atoms with E-state index in [1.165, 1.54) is 25.7 Å². The summed E-state index contributed by atoms with van der Waals surface area (Å²) in [4.78, 5) is 6.74. The van der Waals surface area contributed by atoms with Crippen LogP contribution < -0.4 is 10.2 Å². The first kappa shape index (κ1) is 12.0. The van der Waals surface area contributed by atoms with E-state index >= 15 is 0 Å². The maximum atomic E-state index is 4.29. The van der Waals surface area contributed by atoms with E-state index in [1.54, 1.807) is 6.20 Å². The Kier molecular flexibility index (Phi) is 2.99. The molecule has 20 heavy (non-hydrogen) atoms. The second kappa shape index (κ2) is 4.97. The summed E-state index contributed by atoms with van der Waals surface area (Å²) in [5.74, 6) is 1.73. The standard InChI is InChI=1S/C13H19N7/c1-2-10(6-14-5-1)9-19(11-3-4-11)13-8-15-7-12-16-17-18-20(12)13/h7-8,10-11,14H,1-6,9H2. The number of hydrogen-bond acceptors (Lipinski definition) is 6. The molecule has 2 fully saturated rings. The SMILES string of the molecule is c1ncc2nnnn2c1N(CC1CCCNC1)C1CC1. The molecule has 2 aromatic rings. The van der Waals surface area contributed by atoms with Gasteiger partial charge in [-0.15, -0.1) is 5.10 Å². The number of nitrogens with zero attached hydrogens (tertiary/aromatic N) is 6. The zero-order chi connectivity index (χ0) is 13.4. The van der Waals surface area contributed by atoms with Crippen LogP contribution in [0.25, 0.3) is 5.65 Å². The molecule has 0 radical (unpaired) electrons. The quantitative estimate of drug-likeness (QED) is 0.874. The van der Waals surface area contributed by atoms with Gasteiger partial charge in [0, 0.05) is 12.6 Å². The molecule has 1 saturated carbocycles. The number of nitrogens with one attached hydrogen (secondary N) is 1. The van der Waals surface area contributed by atoms with Gasteiger partial charge < -0.3 is 10.2 Å². The van der Waals surface area contributed by atoms with Crippen molar-refractivity contribution in [2.45, 2.75) is 31.7 Å². The minimum Gasteiger partial charge on any atom is -0.352 e. The Hall–Kier alpha value is -1.76. The highest BCUT2D eigenvalue weighted by Crippen LogP contribution is 2.32. The largest absolute Gasteiger partial charge is 0.352 e. The van der Waals surface area contributed by atoms with Crippen molar-refractivity contribution >= 4 is 11.5 Å². The highest BCUT2D eigenvalue weighted by Gasteiger charge is 2.33. The summed E-state index contributed by atoms with van der Waals surface area (Å²) in [5, 5.41) is 15.3. The van der Waals surface area contributed by atoms with E-state index in [0.29, 0.717) is 12.0 Å². The second-order valence-corrected chi connectivity index (χ2v) is 5.81. The van der Waals surface area contributed by atoms with E-state index in [-0.39, 0.29) is 0 Å². The molecule has 2 aromatic heterocycles. The van der Waals surface area contributed by atoms with Crippen molar-refractivity contribution in [3.05, 3.63) is 12.4 Å². The van der Waals surface area contributed by atoms with E-state index in [9.17, 15) is 0 Å². The lowest BCUT2D eigenvalue weighted by Crippen LogP contribution is -2.40. The number of hydrogen-bond donors (Lipinski definition) is 1. The van der Waals surface area contributed by atoms with Crippen LogP contribution in [0.4, 0.5) is 5.82 Å². The van der Waals surface area contributed by atoms with Crippen LogP contribution in [0.3, 0.4) is 0 Å². The summed E-state index contributed by atoms with van der Waals surface area (Å²) >= 11 is 0. The average Bonchev–Trinajstić information content (AvgIpc) is 3.22. The van der Waals surface area contributed by atoms with Gasteiger partial charge in [0.1, 0.15) is 0 Å². The van der Waals surface area contributed by atoms with Gasteiger partial charge in [-0.25, -0.2) is 0 Å². The molecule has 2 aliphatic rings. The Labute approximate surface area is 117 Å². The van der Waals surface area contributed by atoms with Crippen LogP contribution >= 0.6 is 0 Å². The average molecular weight is 273 g/mol. The minimum absolute atomic E-state index is 0.633. The van der Waals surface area contributed by atoms with E-state index in [4.69, 9.17) is 0 Å². The summed E-state index contributed by atoms with van der Waals surface area (Å²) in [6, 6.07) is 0.633. The van der Waals surface area contributed by atoms with Gasteiger partial charge in [0.05, 0.1) is 12.4 Å². The Balaban J connectivity index is 1.63. The molecular formula is C13H19N7. The third-order valence-corrected chi connectivity index (χ3v) is 4.23. The Bertz CT molecular complexity index is 585. The van der Waals surface area contributed by atoms with E-state index in [0.717, 1.165) is 31.1 Å². The van der Waals surface area contributed by atoms with Crippen molar-refractivity contribution < 1.29 is 0 Å². The third kappa shape index (κ3) is 2.22. The molecule has 0 amide bonds. The van der Waals surface area contributed by atoms with Gasteiger partial charge in [-0.05, 0) is 55.1 Å². The summed E-state index contributed by atoms with van der Waals surface area (Å²) in [6.07, 6.45) is 8.69. The van der Waals surface area contributed by atoms with Crippen LogP contribution in [0.15, 0.2) is 12.4 Å². The summed E-state index contributed by atoms with van der Waals surface area (Å²) in [7, 11) is 0. The molecule has 1 aliphatic heterocycles. The lowest BCUT2D eigenvalue weighted by atomic mass is 9.99. The van der Waals surface area contributed by atoms with Crippen molar-refractivity contribution in [3.8, 4) is 0 Å². The van der Waals surface area contributed by atoms with Crippen molar-refractivity contribution in [1.82, 2.24) is 30.3 Å². The van der Waals surface area contributed by atoms with Crippen LogP contribution in [0.2, 0.25) is 0 Å². The molecular weight excluding hydrogens is 254 g/mol. The summed E-state index contributed by atoms with van der Waals surface area (Å²) in [5.41, 5.74) is 0.718. The van der Waals surface area contributed by atoms with Gasteiger partial charge in [-0.2, -0.15) is 4.52 Å². The second-order valence-electron chi connectivity index (χ2n) is 5.81. The first-order chi connectivity index (χ1) is 9.92. The first-order valence-corrected chi connectivity index (χ1v) is 7.41. The predicted octanol–water partition coefficient (Wildman–Crippen LogP) is 0.488. The Morgan fingerprint density at radius 2 is 2.25 bits per heavy atom. The molecule has 1 N–H and O–H groups in total. The topological polar surface area (TPSA) is 71.2 Å². The summed E-state index contributed by atoms with van der Waals surface area (Å²) < 4.78 is 1.81. The van der Waals surface area contributed by atoms with Crippen LogP contribution in [-0.2, 0) is 0 Å². The van der Waals surface area contributed by atoms with Gasteiger partial charge in [-0.1, -0.05) is 0 Å². The zero-order valence-corrected chi connectivity index (χ0v) is 11.4. The van der Waals surface area contributed by atoms with Gasteiger partial charge in [-0.3, -0.25) is 4.98 Å². The van der Waals surface area contributed by atoms with Crippen LogP contribution in [-0.4, -0.2) is 50.7 Å². The van der Waals surface area contributed by atoms with Crippen LogP contribution in [0.1, 0.15) is 25.7 Å². The van der Waals surface area contributed by atoms with Gasteiger partial charge in [0.2, 0.25) is 0 Å². The van der Waals surface area contributed by atoms with Gasteiger partial charge in [0.25, 0.3) is 0 Å². The van der Waals surface area contributed by atoms with E-state index in [2.05, 4.69) is 30.7 Å². The molecule has 0 spiro atoms. The molecule has 0 aromatic carbocycles. The molecule has 1 aliphatic carbocycles. The maximum absolute atomic E-state index is 4.29. The fourth-order valence-electron chi connectivity index (χ4n) is 3.03. The summed E-state index contributed by atoms with van der Waals surface area (Å²) in [6.45, 7) is 3.34. The molecule has 1 saturated heterocycles. The lowest BCUT2D eigenvalue weighted by Gasteiger charge is -2.31. The molecule has 3 heterocycles. The van der Waals surface area contributed by atoms with Crippen molar-refractivity contribution in [1.29, 1.82) is 0 Å². The molecule has 1 atom stereocenters. The zero-order valence-electron chi connectivity index (χ0n) is 11.4. The number of fused-ring (bicyclic) bond motifs is 1. The van der Waals surface area contributed by atoms with Crippen molar-refractivity contribution in [3.63, 3.8) is 0 Å². The van der Waals surface area contributed by atoms with Gasteiger partial charge >= 0.3 is 0 Å². The van der Waals surface area contributed by atoms with Crippen molar-refractivity contribution in [2.24, 2.45) is 5.92 Å². The molecule has 0 bridgehead atoms. The van der Waals surface area contributed by atoms with Gasteiger partial charge in [0.15, 0.2) is 11.5 Å². The highest BCUT2D eigenvalue weighted by atomic mass is 15.5. The fourth-order valence-corrected chi connectivity index (χ4v) is 3.03. The normalized spacial score (nSPS) is 23.1. The van der Waals surface area contributed by atoms with E-state index < -0.39 is 0 Å². The highest BCUT2D eigenvalue weighted by molar-refractivity contribution is 5.47. The molecule has 1 unspecified atom stereocenters. The number of anilines is 1. The molecule has 7 heteroatoms. The number of aromatic nitrogens is 5. The van der Waals surface area contributed by atoms with E-state index in [1.807, 2.05) is 10.7 Å². The smallest absolute Gasteiger partial charge is 0.199 e. The number of rotatable bonds is 4. The third-order valence-electron chi connectivity index (χ3n) is 4.23. The number of tetrazole rings is 1. The molecule has 4 rings (SSSR count). The van der Waals surface area contributed by atoms with Crippen molar-refractivity contribution in [2.75, 3.05) is 24.5 Å². The Morgan fingerprint density at radius 1 is 1.30 bits per heavy atom. The monoisotopic (exact) mass is 273 g/mol. The lowest BCUT2D eigenvalue weighted by molar-refractivity contribution is 0.374. The number of piperidine rings is 1. The maximum Gasteiger partial charge on any atom is 0.199 e. The predicted molar refractivity (Wildman–Crippen MR) is 74.5 cm³/mol. The molecule has 7 nitrogen and oxygen atoms in total. The molecule has 106 valence electrons. The van der Waals surface area contributed by atoms with Crippen LogP contribution in [0, 0.1) is 5.92 Å². The Morgan fingerprint density at radius 3 is 3.05 bits per heavy atom. The van der Waals surface area contributed by atoms with Crippen LogP contribution in [0.5, 0.6) is 0 Å².